The van der Waals surface area contributed by atoms with Crippen molar-refractivity contribution in [3.05, 3.63) is 34.9 Å². The first-order chi connectivity index (χ1) is 9.52. The van der Waals surface area contributed by atoms with Crippen LogP contribution in [0.25, 0.3) is 0 Å². The molecule has 2 rings (SSSR count). The Balaban J connectivity index is 2.39. The summed E-state index contributed by atoms with van der Waals surface area (Å²) in [6.07, 6.45) is 0.741. The highest BCUT2D eigenvalue weighted by atomic mass is 35.5. The minimum atomic E-state index is -0.868. The molecule has 1 fully saturated rings. The third-order valence-corrected chi connectivity index (χ3v) is 4.05. The number of rotatable bonds is 2. The van der Waals surface area contributed by atoms with Crippen molar-refractivity contribution >= 4 is 23.4 Å². The zero-order valence-corrected chi connectivity index (χ0v) is 11.8. The standard InChI is InChI=1S/C15H14ClNO3/c1-20-14(19)12-8-15(9-17,6-5-13(12)18)10-3-2-4-11(16)7-10/h2-4,7,12H,5-6,8H2,1H3/t12-,15-/m0/s1. The van der Waals surface area contributed by atoms with Gasteiger partial charge < -0.3 is 4.74 Å². The van der Waals surface area contributed by atoms with Gasteiger partial charge in [-0.3, -0.25) is 9.59 Å². The number of ketones is 1. The Bertz CT molecular complexity index is 585. The first kappa shape index (κ1) is 14.5. The summed E-state index contributed by atoms with van der Waals surface area (Å²) >= 11 is 5.97. The predicted octanol–water partition coefficient (Wildman–Crippen LogP) is 2.64. The lowest BCUT2D eigenvalue weighted by Gasteiger charge is -2.34. The van der Waals surface area contributed by atoms with Crippen molar-refractivity contribution < 1.29 is 14.3 Å². The maximum atomic E-state index is 11.9. The minimum Gasteiger partial charge on any atom is -0.468 e. The van der Waals surface area contributed by atoms with E-state index in [2.05, 4.69) is 10.8 Å². The molecule has 0 N–H and O–H groups in total. The van der Waals surface area contributed by atoms with Crippen LogP contribution in [-0.2, 0) is 19.7 Å². The summed E-state index contributed by atoms with van der Waals surface area (Å²) in [7, 11) is 1.25. The number of nitrogens with zero attached hydrogens (tertiary/aromatic N) is 1. The molecule has 0 aliphatic heterocycles. The van der Waals surface area contributed by atoms with Crippen LogP contribution in [0.1, 0.15) is 24.8 Å². The lowest BCUT2D eigenvalue weighted by molar-refractivity contribution is -0.151. The Hall–Kier alpha value is -1.86. The summed E-state index contributed by atoms with van der Waals surface area (Å²) in [5.74, 6) is -1.60. The van der Waals surface area contributed by atoms with Gasteiger partial charge in [-0.15, -0.1) is 0 Å². The molecule has 0 bridgehead atoms. The zero-order chi connectivity index (χ0) is 14.8. The molecule has 4 nitrogen and oxygen atoms in total. The highest BCUT2D eigenvalue weighted by Gasteiger charge is 2.45. The average Bonchev–Trinajstić information content (AvgIpc) is 2.47. The molecule has 0 spiro atoms. The molecule has 0 aromatic heterocycles. The van der Waals surface area contributed by atoms with Crippen molar-refractivity contribution in [1.29, 1.82) is 5.26 Å². The van der Waals surface area contributed by atoms with Gasteiger partial charge in [-0.2, -0.15) is 5.26 Å². The molecule has 0 heterocycles. The van der Waals surface area contributed by atoms with Crippen LogP contribution < -0.4 is 0 Å². The van der Waals surface area contributed by atoms with E-state index in [1.807, 2.05) is 0 Å². The maximum Gasteiger partial charge on any atom is 0.316 e. The zero-order valence-electron chi connectivity index (χ0n) is 11.1. The largest absolute Gasteiger partial charge is 0.468 e. The Morgan fingerprint density at radius 2 is 2.30 bits per heavy atom. The van der Waals surface area contributed by atoms with Gasteiger partial charge in [-0.05, 0) is 30.5 Å². The molecule has 0 saturated heterocycles. The number of nitriles is 1. The highest BCUT2D eigenvalue weighted by Crippen LogP contribution is 2.41. The normalized spacial score (nSPS) is 25.9. The quantitative estimate of drug-likeness (QED) is 0.620. The maximum absolute atomic E-state index is 11.9. The van der Waals surface area contributed by atoms with Gasteiger partial charge in [0.2, 0.25) is 0 Å². The minimum absolute atomic E-state index is 0.148. The molecule has 0 amide bonds. The third-order valence-electron chi connectivity index (χ3n) is 3.82. The third kappa shape index (κ3) is 2.54. The lowest BCUT2D eigenvalue weighted by atomic mass is 9.66. The monoisotopic (exact) mass is 291 g/mol. The van der Waals surface area contributed by atoms with E-state index in [9.17, 15) is 14.9 Å². The number of hydrogen-bond acceptors (Lipinski definition) is 4. The van der Waals surface area contributed by atoms with Gasteiger partial charge in [0.05, 0.1) is 18.6 Å². The fraction of sp³-hybridized carbons (Fsp3) is 0.400. The number of carbonyl (C=O) groups excluding carboxylic acids is 2. The van der Waals surface area contributed by atoms with Crippen LogP contribution in [0.15, 0.2) is 24.3 Å². The van der Waals surface area contributed by atoms with Crippen molar-refractivity contribution in [1.82, 2.24) is 0 Å². The number of esters is 1. The summed E-state index contributed by atoms with van der Waals surface area (Å²) < 4.78 is 4.66. The summed E-state index contributed by atoms with van der Waals surface area (Å²) in [4.78, 5) is 23.6. The number of methoxy groups -OCH3 is 1. The fourth-order valence-electron chi connectivity index (χ4n) is 2.65. The number of halogens is 1. The summed E-state index contributed by atoms with van der Waals surface area (Å²) in [6.45, 7) is 0. The van der Waals surface area contributed by atoms with E-state index in [-0.39, 0.29) is 18.6 Å². The van der Waals surface area contributed by atoms with E-state index < -0.39 is 17.3 Å². The lowest BCUT2D eigenvalue weighted by Crippen LogP contribution is -2.40. The van der Waals surface area contributed by atoms with Gasteiger partial charge in [0.15, 0.2) is 0 Å². The van der Waals surface area contributed by atoms with Crippen LogP contribution >= 0.6 is 11.6 Å². The second kappa shape index (κ2) is 5.64. The molecule has 1 aliphatic carbocycles. The van der Waals surface area contributed by atoms with E-state index in [1.165, 1.54) is 7.11 Å². The molecule has 1 aromatic rings. The van der Waals surface area contributed by atoms with E-state index in [0.29, 0.717) is 11.4 Å². The van der Waals surface area contributed by atoms with Gasteiger partial charge in [0.1, 0.15) is 11.7 Å². The summed E-state index contributed by atoms with van der Waals surface area (Å²) in [6, 6.07) is 9.28. The van der Waals surface area contributed by atoms with E-state index in [0.717, 1.165) is 5.56 Å². The second-order valence-electron chi connectivity index (χ2n) is 4.95. The van der Waals surface area contributed by atoms with E-state index in [1.54, 1.807) is 24.3 Å². The topological polar surface area (TPSA) is 67.2 Å². The fourth-order valence-corrected chi connectivity index (χ4v) is 2.84. The van der Waals surface area contributed by atoms with Crippen molar-refractivity contribution in [2.75, 3.05) is 7.11 Å². The Morgan fingerprint density at radius 3 is 2.90 bits per heavy atom. The first-order valence-corrected chi connectivity index (χ1v) is 6.68. The smallest absolute Gasteiger partial charge is 0.316 e. The van der Waals surface area contributed by atoms with Crippen LogP contribution in [0.5, 0.6) is 0 Å². The molecular formula is C15H14ClNO3. The number of carbonyl (C=O) groups is 2. The molecule has 0 radical (unpaired) electrons. The Morgan fingerprint density at radius 1 is 1.55 bits per heavy atom. The van der Waals surface area contributed by atoms with Crippen LogP contribution in [0.2, 0.25) is 5.02 Å². The number of benzene rings is 1. The Labute approximate surface area is 122 Å². The SMILES string of the molecule is COC(=O)[C@H]1C[C@@](C#N)(c2cccc(Cl)c2)CCC1=O. The van der Waals surface area contributed by atoms with Crippen LogP contribution in [0, 0.1) is 17.2 Å². The molecule has 104 valence electrons. The van der Waals surface area contributed by atoms with E-state index >= 15 is 0 Å². The van der Waals surface area contributed by atoms with Crippen molar-refractivity contribution in [2.24, 2.45) is 5.92 Å². The van der Waals surface area contributed by atoms with Gasteiger partial charge in [-0.25, -0.2) is 0 Å². The summed E-state index contributed by atoms with van der Waals surface area (Å²) in [5, 5.41) is 10.1. The Kier molecular flexibility index (Phi) is 4.10. The summed E-state index contributed by atoms with van der Waals surface area (Å²) in [5.41, 5.74) is -0.119. The molecule has 1 saturated carbocycles. The first-order valence-electron chi connectivity index (χ1n) is 6.30. The van der Waals surface area contributed by atoms with Gasteiger partial charge in [-0.1, -0.05) is 23.7 Å². The number of Topliss-reactive ketones (excluding diaryl/α,β-unsaturated/α-hetero) is 1. The average molecular weight is 292 g/mol. The number of ether oxygens (including phenoxy) is 1. The number of hydrogen-bond donors (Lipinski definition) is 0. The molecule has 0 unspecified atom stereocenters. The van der Waals surface area contributed by atoms with Crippen molar-refractivity contribution in [3.8, 4) is 6.07 Å². The molecule has 2 atom stereocenters. The van der Waals surface area contributed by atoms with E-state index in [4.69, 9.17) is 11.6 Å². The molecule has 1 aromatic carbocycles. The van der Waals surface area contributed by atoms with Crippen LogP contribution in [0.3, 0.4) is 0 Å². The van der Waals surface area contributed by atoms with Gasteiger partial charge in [0.25, 0.3) is 0 Å². The van der Waals surface area contributed by atoms with Gasteiger partial charge >= 0.3 is 5.97 Å². The van der Waals surface area contributed by atoms with Crippen LogP contribution in [0.4, 0.5) is 0 Å². The molecular weight excluding hydrogens is 278 g/mol. The van der Waals surface area contributed by atoms with Crippen molar-refractivity contribution in [3.63, 3.8) is 0 Å². The highest BCUT2D eigenvalue weighted by molar-refractivity contribution is 6.30. The second-order valence-corrected chi connectivity index (χ2v) is 5.39. The predicted molar refractivity (Wildman–Crippen MR) is 73.1 cm³/mol. The van der Waals surface area contributed by atoms with Crippen LogP contribution in [-0.4, -0.2) is 18.9 Å². The van der Waals surface area contributed by atoms with Gasteiger partial charge in [0, 0.05) is 11.4 Å². The molecule has 20 heavy (non-hydrogen) atoms. The van der Waals surface area contributed by atoms with Crippen molar-refractivity contribution in [2.45, 2.75) is 24.7 Å². The molecule has 5 heteroatoms. The molecule has 1 aliphatic rings.